The molecule has 0 unspecified atom stereocenters. The number of benzene rings is 2. The Morgan fingerprint density at radius 3 is 2.77 bits per heavy atom. The zero-order valence-corrected chi connectivity index (χ0v) is 15.5. The molecule has 1 aliphatic heterocycles. The number of ether oxygens (including phenoxy) is 1. The van der Waals surface area contributed by atoms with Crippen molar-refractivity contribution in [3.8, 4) is 5.75 Å². The predicted molar refractivity (Wildman–Crippen MR) is 97.6 cm³/mol. The first-order chi connectivity index (χ1) is 12.4. The maximum atomic E-state index is 13.6. The molecule has 0 spiro atoms. The van der Waals surface area contributed by atoms with Gasteiger partial charge >= 0.3 is 0 Å². The summed E-state index contributed by atoms with van der Waals surface area (Å²) in [5.41, 5.74) is 2.57. The van der Waals surface area contributed by atoms with Crippen LogP contribution in [0.5, 0.6) is 5.75 Å². The highest BCUT2D eigenvalue weighted by Crippen LogP contribution is 2.33. The molecule has 1 aromatic heterocycles. The van der Waals surface area contributed by atoms with E-state index < -0.39 is 10.0 Å². The monoisotopic (exact) mass is 394 g/mol. The lowest BCUT2D eigenvalue weighted by molar-refractivity contribution is 0.391. The van der Waals surface area contributed by atoms with Gasteiger partial charge in [-0.1, -0.05) is 11.6 Å². The Morgan fingerprint density at radius 2 is 2.04 bits per heavy atom. The van der Waals surface area contributed by atoms with Crippen molar-refractivity contribution in [2.45, 2.75) is 17.9 Å². The van der Waals surface area contributed by atoms with Gasteiger partial charge in [0.05, 0.1) is 17.0 Å². The lowest BCUT2D eigenvalue weighted by atomic mass is 10.1. The van der Waals surface area contributed by atoms with Crippen LogP contribution in [0, 0.1) is 5.82 Å². The van der Waals surface area contributed by atoms with Gasteiger partial charge in [-0.15, -0.1) is 0 Å². The molecule has 1 aliphatic rings. The number of hydrogen-bond acceptors (Lipinski definition) is 3. The molecule has 26 heavy (non-hydrogen) atoms. The van der Waals surface area contributed by atoms with Gasteiger partial charge in [-0.05, 0) is 42.0 Å². The van der Waals surface area contributed by atoms with Crippen LogP contribution in [0.2, 0.25) is 5.02 Å². The van der Waals surface area contributed by atoms with Crippen molar-refractivity contribution >= 4 is 32.5 Å². The fraction of sp³-hybridized carbons (Fsp3) is 0.222. The van der Waals surface area contributed by atoms with E-state index in [9.17, 15) is 12.8 Å². The van der Waals surface area contributed by atoms with Crippen LogP contribution in [-0.2, 0) is 23.0 Å². The lowest BCUT2D eigenvalue weighted by Gasteiger charge is -2.26. The molecule has 2 heterocycles. The highest BCUT2D eigenvalue weighted by atomic mass is 35.5. The highest BCUT2D eigenvalue weighted by molar-refractivity contribution is 7.89. The van der Waals surface area contributed by atoms with E-state index in [-0.39, 0.29) is 22.3 Å². The lowest BCUT2D eigenvalue weighted by Crippen LogP contribution is -2.35. The van der Waals surface area contributed by atoms with Crippen molar-refractivity contribution in [2.24, 2.45) is 0 Å². The van der Waals surface area contributed by atoms with Crippen molar-refractivity contribution in [1.29, 1.82) is 0 Å². The predicted octanol–water partition coefficient (Wildman–Crippen LogP) is 3.72. The van der Waals surface area contributed by atoms with Gasteiger partial charge in [-0.25, -0.2) is 12.8 Å². The number of nitrogens with one attached hydrogen (secondary N) is 1. The van der Waals surface area contributed by atoms with Gasteiger partial charge in [0.2, 0.25) is 10.0 Å². The van der Waals surface area contributed by atoms with Crippen LogP contribution in [0.1, 0.15) is 11.3 Å². The zero-order chi connectivity index (χ0) is 18.5. The van der Waals surface area contributed by atoms with Crippen molar-refractivity contribution < 1.29 is 17.5 Å². The van der Waals surface area contributed by atoms with Gasteiger partial charge in [-0.2, -0.15) is 4.31 Å². The van der Waals surface area contributed by atoms with Crippen molar-refractivity contribution in [1.82, 2.24) is 9.29 Å². The topological polar surface area (TPSA) is 62.4 Å². The Labute approximate surface area is 155 Å². The van der Waals surface area contributed by atoms with E-state index in [0.29, 0.717) is 24.1 Å². The first-order valence-electron chi connectivity index (χ1n) is 8.03. The summed E-state index contributed by atoms with van der Waals surface area (Å²) in [6.07, 6.45) is 0.536. The number of sulfonamides is 1. The fourth-order valence-electron chi connectivity index (χ4n) is 3.32. The van der Waals surface area contributed by atoms with Crippen molar-refractivity contribution in [2.75, 3.05) is 13.7 Å². The van der Waals surface area contributed by atoms with E-state index in [2.05, 4.69) is 4.98 Å². The van der Waals surface area contributed by atoms with Crippen LogP contribution in [0.4, 0.5) is 4.39 Å². The minimum absolute atomic E-state index is 0.109. The maximum Gasteiger partial charge on any atom is 0.243 e. The standard InChI is InChI=1S/C18H16ClFN2O3S/c1-25-18-5-3-12(9-15(18)19)26(23,24)22-7-6-17-14(10-22)13-8-11(20)2-4-16(13)21-17/h2-5,8-9,21H,6-7,10H2,1H3. The van der Waals surface area contributed by atoms with E-state index in [0.717, 1.165) is 16.8 Å². The normalized spacial score (nSPS) is 15.2. The van der Waals surface area contributed by atoms with E-state index in [1.165, 1.54) is 41.7 Å². The molecule has 0 bridgehead atoms. The molecular formula is C18H16ClFN2O3S. The van der Waals surface area contributed by atoms with E-state index >= 15 is 0 Å². The highest BCUT2D eigenvalue weighted by Gasteiger charge is 2.30. The minimum Gasteiger partial charge on any atom is -0.495 e. The molecule has 0 aliphatic carbocycles. The number of nitrogens with zero attached hydrogens (tertiary/aromatic N) is 1. The summed E-state index contributed by atoms with van der Waals surface area (Å²) in [4.78, 5) is 3.36. The maximum absolute atomic E-state index is 13.6. The molecule has 8 heteroatoms. The molecule has 0 radical (unpaired) electrons. The van der Waals surface area contributed by atoms with Crippen LogP contribution in [0.3, 0.4) is 0 Å². The molecule has 3 aromatic rings. The Morgan fingerprint density at radius 1 is 1.23 bits per heavy atom. The summed E-state index contributed by atoms with van der Waals surface area (Å²) >= 11 is 6.08. The average molecular weight is 395 g/mol. The molecule has 1 N–H and O–H groups in total. The SMILES string of the molecule is COc1ccc(S(=O)(=O)N2CCc3[nH]c4ccc(F)cc4c3C2)cc1Cl. The summed E-state index contributed by atoms with van der Waals surface area (Å²) in [5.74, 6) is 0.0693. The van der Waals surface area contributed by atoms with Crippen LogP contribution < -0.4 is 4.74 Å². The summed E-state index contributed by atoms with van der Waals surface area (Å²) in [7, 11) is -2.25. The molecule has 0 saturated carbocycles. The Hall–Kier alpha value is -2.09. The van der Waals surface area contributed by atoms with E-state index in [1.54, 1.807) is 6.07 Å². The second kappa shape index (κ2) is 6.26. The third-order valence-corrected chi connectivity index (χ3v) is 6.80. The summed E-state index contributed by atoms with van der Waals surface area (Å²) in [6, 6.07) is 8.89. The van der Waals surface area contributed by atoms with Gasteiger partial charge in [0.25, 0.3) is 0 Å². The Balaban J connectivity index is 1.72. The molecule has 0 saturated heterocycles. The number of H-pyrrole nitrogens is 1. The van der Waals surface area contributed by atoms with Crippen LogP contribution in [0.15, 0.2) is 41.3 Å². The molecule has 0 atom stereocenters. The first kappa shape index (κ1) is 17.3. The smallest absolute Gasteiger partial charge is 0.243 e. The van der Waals surface area contributed by atoms with Gasteiger partial charge in [-0.3, -0.25) is 0 Å². The van der Waals surface area contributed by atoms with Crippen molar-refractivity contribution in [3.05, 3.63) is 58.5 Å². The number of fused-ring (bicyclic) bond motifs is 3. The van der Waals surface area contributed by atoms with Crippen LogP contribution in [0.25, 0.3) is 10.9 Å². The third kappa shape index (κ3) is 2.76. The Kier molecular flexibility index (Phi) is 4.17. The molecule has 0 fully saturated rings. The number of methoxy groups -OCH3 is 1. The quantitative estimate of drug-likeness (QED) is 0.736. The Bertz CT molecular complexity index is 1110. The number of hydrogen-bond donors (Lipinski definition) is 1. The average Bonchev–Trinajstić information content (AvgIpc) is 2.98. The summed E-state index contributed by atoms with van der Waals surface area (Å²) < 4.78 is 46.1. The zero-order valence-electron chi connectivity index (χ0n) is 13.9. The summed E-state index contributed by atoms with van der Waals surface area (Å²) in [5, 5.41) is 0.952. The second-order valence-electron chi connectivity index (χ2n) is 6.16. The van der Waals surface area contributed by atoms with Crippen molar-refractivity contribution in [3.63, 3.8) is 0 Å². The van der Waals surface area contributed by atoms with Gasteiger partial charge in [0, 0.05) is 36.1 Å². The number of aromatic amines is 1. The molecule has 136 valence electrons. The third-order valence-electron chi connectivity index (χ3n) is 4.66. The number of halogens is 2. The fourth-order valence-corrected chi connectivity index (χ4v) is 5.08. The molecule has 0 amide bonds. The molecule has 4 rings (SSSR count). The van der Waals surface area contributed by atoms with Gasteiger partial charge in [0.1, 0.15) is 11.6 Å². The first-order valence-corrected chi connectivity index (χ1v) is 9.84. The van der Waals surface area contributed by atoms with E-state index in [1.807, 2.05) is 0 Å². The largest absolute Gasteiger partial charge is 0.495 e. The molecule has 5 nitrogen and oxygen atoms in total. The van der Waals surface area contributed by atoms with Gasteiger partial charge in [0.15, 0.2) is 0 Å². The minimum atomic E-state index is -3.72. The number of rotatable bonds is 3. The van der Waals surface area contributed by atoms with Gasteiger partial charge < -0.3 is 9.72 Å². The number of aromatic nitrogens is 1. The summed E-state index contributed by atoms with van der Waals surface area (Å²) in [6.45, 7) is 0.527. The molecular weight excluding hydrogens is 379 g/mol. The van der Waals surface area contributed by atoms with Crippen LogP contribution in [-0.4, -0.2) is 31.4 Å². The second-order valence-corrected chi connectivity index (χ2v) is 8.50. The van der Waals surface area contributed by atoms with Crippen LogP contribution >= 0.6 is 11.6 Å². The molecule has 2 aromatic carbocycles. The van der Waals surface area contributed by atoms with E-state index in [4.69, 9.17) is 16.3 Å².